The summed E-state index contributed by atoms with van der Waals surface area (Å²) in [6.07, 6.45) is 3.16. The fourth-order valence-corrected chi connectivity index (χ4v) is 4.74. The second-order valence-electron chi connectivity index (χ2n) is 5.08. The summed E-state index contributed by atoms with van der Waals surface area (Å²) < 4.78 is 22.7. The fraction of sp³-hybridized carbons (Fsp3) is 0.500. The van der Waals surface area contributed by atoms with Crippen LogP contribution in [-0.2, 0) is 10.0 Å². The highest BCUT2D eigenvalue weighted by molar-refractivity contribution is 7.91. The molecule has 1 saturated heterocycles. The van der Waals surface area contributed by atoms with Gasteiger partial charge < -0.3 is 4.90 Å². The molecule has 1 unspecified atom stereocenters. The van der Waals surface area contributed by atoms with Crippen molar-refractivity contribution in [3.8, 4) is 0 Å². The second kappa shape index (κ2) is 6.20. The van der Waals surface area contributed by atoms with E-state index in [9.17, 15) is 8.42 Å². The number of nitrogens with zero attached hydrogens (tertiary/aromatic N) is 4. The maximum absolute atomic E-state index is 11.3. The first-order chi connectivity index (χ1) is 10.4. The lowest BCUT2D eigenvalue weighted by Gasteiger charge is -2.37. The zero-order valence-electron chi connectivity index (χ0n) is 12.0. The Morgan fingerprint density at radius 1 is 1.27 bits per heavy atom. The number of piperazine rings is 1. The van der Waals surface area contributed by atoms with Gasteiger partial charge >= 0.3 is 0 Å². The highest BCUT2D eigenvalue weighted by Gasteiger charge is 2.25. The number of hydrogen-bond acceptors (Lipinski definition) is 8. The summed E-state index contributed by atoms with van der Waals surface area (Å²) in [5.74, 6) is 0. The molecule has 0 amide bonds. The van der Waals surface area contributed by atoms with E-state index < -0.39 is 10.0 Å². The predicted octanol–water partition coefficient (Wildman–Crippen LogP) is 1.13. The van der Waals surface area contributed by atoms with Crippen LogP contribution in [0.25, 0.3) is 0 Å². The van der Waals surface area contributed by atoms with Crippen LogP contribution >= 0.6 is 22.7 Å². The summed E-state index contributed by atoms with van der Waals surface area (Å²) >= 11 is 2.80. The molecule has 120 valence electrons. The Labute approximate surface area is 137 Å². The Morgan fingerprint density at radius 2 is 2.00 bits per heavy atom. The van der Waals surface area contributed by atoms with Gasteiger partial charge in [-0.15, -0.1) is 11.3 Å². The summed E-state index contributed by atoms with van der Waals surface area (Å²) in [5.41, 5.74) is 0. The van der Waals surface area contributed by atoms with Crippen LogP contribution in [-0.4, -0.2) is 49.5 Å². The Bertz CT molecular complexity index is 720. The molecular formula is C12H17N5O2S3. The van der Waals surface area contributed by atoms with Crippen molar-refractivity contribution >= 4 is 37.8 Å². The zero-order chi connectivity index (χ0) is 15.7. The largest absolute Gasteiger partial charge is 0.345 e. The van der Waals surface area contributed by atoms with Crippen LogP contribution in [0.1, 0.15) is 18.0 Å². The van der Waals surface area contributed by atoms with Crippen molar-refractivity contribution in [2.45, 2.75) is 17.2 Å². The van der Waals surface area contributed by atoms with Gasteiger partial charge in [-0.05, 0) is 6.92 Å². The lowest BCUT2D eigenvalue weighted by atomic mass is 10.2. The molecular weight excluding hydrogens is 342 g/mol. The first kappa shape index (κ1) is 15.8. The lowest BCUT2D eigenvalue weighted by molar-refractivity contribution is 0.198. The van der Waals surface area contributed by atoms with Crippen LogP contribution in [0, 0.1) is 0 Å². The van der Waals surface area contributed by atoms with Crippen molar-refractivity contribution in [2.24, 2.45) is 5.14 Å². The SMILES string of the molecule is CC(c1nccs1)N1CCN(c2ncc(S(N)(=O)=O)s2)CC1. The predicted molar refractivity (Wildman–Crippen MR) is 87.8 cm³/mol. The monoisotopic (exact) mass is 359 g/mol. The highest BCUT2D eigenvalue weighted by atomic mass is 32.2. The molecule has 0 aromatic carbocycles. The summed E-state index contributed by atoms with van der Waals surface area (Å²) in [5, 5.41) is 8.96. The number of anilines is 1. The number of thiazole rings is 2. The lowest BCUT2D eigenvalue weighted by Crippen LogP contribution is -2.47. The molecule has 3 heterocycles. The summed E-state index contributed by atoms with van der Waals surface area (Å²) in [4.78, 5) is 13.0. The van der Waals surface area contributed by atoms with E-state index in [1.807, 2.05) is 11.6 Å². The molecule has 1 aliphatic heterocycles. The number of primary sulfonamides is 1. The third-order valence-corrected chi connectivity index (χ3v) is 7.11. The van der Waals surface area contributed by atoms with Crippen LogP contribution in [0.4, 0.5) is 5.13 Å². The van der Waals surface area contributed by atoms with Gasteiger partial charge in [0.1, 0.15) is 5.01 Å². The van der Waals surface area contributed by atoms with Crippen LogP contribution in [0.15, 0.2) is 22.0 Å². The number of sulfonamides is 1. The van der Waals surface area contributed by atoms with Gasteiger partial charge in [0.2, 0.25) is 10.0 Å². The minimum absolute atomic E-state index is 0.112. The van der Waals surface area contributed by atoms with Gasteiger partial charge in [0.25, 0.3) is 0 Å². The fourth-order valence-electron chi connectivity index (χ4n) is 2.43. The average Bonchev–Trinajstić information content (AvgIpc) is 3.17. The molecule has 1 aliphatic rings. The van der Waals surface area contributed by atoms with Crippen LogP contribution in [0.2, 0.25) is 0 Å². The minimum atomic E-state index is -3.66. The molecule has 2 aromatic heterocycles. The Balaban J connectivity index is 1.63. The maximum atomic E-state index is 11.3. The van der Waals surface area contributed by atoms with Gasteiger partial charge in [-0.25, -0.2) is 23.5 Å². The van der Waals surface area contributed by atoms with Crippen molar-refractivity contribution in [2.75, 3.05) is 31.1 Å². The molecule has 0 saturated carbocycles. The van der Waals surface area contributed by atoms with E-state index in [2.05, 4.69) is 26.7 Å². The normalized spacial score (nSPS) is 18.5. The van der Waals surface area contributed by atoms with E-state index in [0.717, 1.165) is 42.5 Å². The van der Waals surface area contributed by atoms with E-state index in [1.165, 1.54) is 6.20 Å². The highest BCUT2D eigenvalue weighted by Crippen LogP contribution is 2.28. The molecule has 0 bridgehead atoms. The van der Waals surface area contributed by atoms with E-state index in [-0.39, 0.29) is 4.21 Å². The third-order valence-electron chi connectivity index (χ3n) is 3.69. The molecule has 2 N–H and O–H groups in total. The third kappa shape index (κ3) is 3.30. The van der Waals surface area contributed by atoms with Gasteiger partial charge in [-0.2, -0.15) is 0 Å². The summed E-state index contributed by atoms with van der Waals surface area (Å²) in [7, 11) is -3.66. The quantitative estimate of drug-likeness (QED) is 0.880. The Hall–Kier alpha value is -1.07. The standard InChI is InChI=1S/C12H17N5O2S3/c1-9(11-14-2-7-20-11)16-3-5-17(6-4-16)12-15-8-10(21-12)22(13,18)19/h2,7-9H,3-6H2,1H3,(H2,13,18,19). The summed E-state index contributed by atoms with van der Waals surface area (Å²) in [6.45, 7) is 5.58. The molecule has 1 fully saturated rings. The number of nitrogens with two attached hydrogens (primary N) is 1. The number of hydrogen-bond donors (Lipinski definition) is 1. The zero-order valence-corrected chi connectivity index (χ0v) is 14.5. The van der Waals surface area contributed by atoms with Gasteiger partial charge in [-0.1, -0.05) is 11.3 Å². The number of aromatic nitrogens is 2. The second-order valence-corrected chi connectivity index (χ2v) is 8.80. The van der Waals surface area contributed by atoms with Crippen molar-refractivity contribution in [3.63, 3.8) is 0 Å². The molecule has 3 rings (SSSR count). The van der Waals surface area contributed by atoms with Gasteiger partial charge in [0.15, 0.2) is 9.34 Å². The van der Waals surface area contributed by atoms with Gasteiger partial charge in [0.05, 0.1) is 12.2 Å². The van der Waals surface area contributed by atoms with Crippen molar-refractivity contribution in [1.29, 1.82) is 0 Å². The molecule has 0 aliphatic carbocycles. The summed E-state index contributed by atoms with van der Waals surface area (Å²) in [6, 6.07) is 0.304. The van der Waals surface area contributed by atoms with E-state index in [1.54, 1.807) is 11.3 Å². The molecule has 0 spiro atoms. The molecule has 10 heteroatoms. The first-order valence-electron chi connectivity index (χ1n) is 6.82. The molecule has 22 heavy (non-hydrogen) atoms. The van der Waals surface area contributed by atoms with Gasteiger partial charge in [-0.3, -0.25) is 4.90 Å². The minimum Gasteiger partial charge on any atom is -0.345 e. The maximum Gasteiger partial charge on any atom is 0.249 e. The van der Waals surface area contributed by atoms with Crippen LogP contribution in [0.3, 0.4) is 0 Å². The van der Waals surface area contributed by atoms with Gasteiger partial charge in [0, 0.05) is 37.8 Å². The molecule has 7 nitrogen and oxygen atoms in total. The average molecular weight is 360 g/mol. The smallest absolute Gasteiger partial charge is 0.249 e. The van der Waals surface area contributed by atoms with Crippen LogP contribution < -0.4 is 10.0 Å². The molecule has 0 radical (unpaired) electrons. The topological polar surface area (TPSA) is 92.4 Å². The van der Waals surface area contributed by atoms with E-state index >= 15 is 0 Å². The first-order valence-corrected chi connectivity index (χ1v) is 10.1. The number of rotatable bonds is 4. The molecule has 1 atom stereocenters. The molecule has 2 aromatic rings. The van der Waals surface area contributed by atoms with E-state index in [0.29, 0.717) is 11.2 Å². The van der Waals surface area contributed by atoms with E-state index in [4.69, 9.17) is 5.14 Å². The van der Waals surface area contributed by atoms with Crippen LogP contribution in [0.5, 0.6) is 0 Å². The Kier molecular flexibility index (Phi) is 4.46. The van der Waals surface area contributed by atoms with Crippen molar-refractivity contribution in [1.82, 2.24) is 14.9 Å². The van der Waals surface area contributed by atoms with Crippen molar-refractivity contribution < 1.29 is 8.42 Å². The Morgan fingerprint density at radius 3 is 2.55 bits per heavy atom. The van der Waals surface area contributed by atoms with Crippen molar-refractivity contribution in [3.05, 3.63) is 22.8 Å².